The summed E-state index contributed by atoms with van der Waals surface area (Å²) in [5, 5.41) is 9.15. The van der Waals surface area contributed by atoms with E-state index in [0.717, 1.165) is 0 Å². The smallest absolute Gasteiger partial charge is 0.254 e. The van der Waals surface area contributed by atoms with Crippen molar-refractivity contribution in [3.63, 3.8) is 0 Å². The van der Waals surface area contributed by atoms with Gasteiger partial charge in [0.1, 0.15) is 12.2 Å². The van der Waals surface area contributed by atoms with E-state index in [4.69, 9.17) is 24.2 Å². The third-order valence-corrected chi connectivity index (χ3v) is 4.64. The normalized spacial score (nSPS) is 15.3. The van der Waals surface area contributed by atoms with E-state index >= 15 is 0 Å². The lowest BCUT2D eigenvalue weighted by molar-refractivity contribution is 0.0770. The molecule has 31 heavy (non-hydrogen) atoms. The second kappa shape index (κ2) is 10.5. The summed E-state index contributed by atoms with van der Waals surface area (Å²) in [6, 6.07) is 5.33. The quantitative estimate of drug-likeness (QED) is 0.602. The number of hydrogen-bond donors (Lipinski definition) is 0. The van der Waals surface area contributed by atoms with Crippen LogP contribution in [0.4, 0.5) is 0 Å². The van der Waals surface area contributed by atoms with Gasteiger partial charge in [0, 0.05) is 30.9 Å². The molecule has 164 valence electrons. The van der Waals surface area contributed by atoms with E-state index in [1.165, 1.54) is 12.4 Å². The third-order valence-electron chi connectivity index (χ3n) is 4.64. The summed E-state index contributed by atoms with van der Waals surface area (Å²) in [6.45, 7) is 7.83. The highest BCUT2D eigenvalue weighted by atomic mass is 16.5. The molecular formula is C22H26N4O5. The molecule has 0 bridgehead atoms. The van der Waals surface area contributed by atoms with Crippen molar-refractivity contribution in [2.45, 2.75) is 33.3 Å². The zero-order valence-electron chi connectivity index (χ0n) is 18.0. The summed E-state index contributed by atoms with van der Waals surface area (Å²) in [5.41, 5.74) is 0.578. The molecule has 0 N–H and O–H groups in total. The molecule has 0 aliphatic carbocycles. The molecule has 1 fully saturated rings. The van der Waals surface area contributed by atoms with E-state index < -0.39 is 0 Å². The summed E-state index contributed by atoms with van der Waals surface area (Å²) in [7, 11) is 0. The number of amides is 1. The van der Waals surface area contributed by atoms with Crippen LogP contribution in [0.1, 0.15) is 43.2 Å². The first kappa shape index (κ1) is 22.2. The van der Waals surface area contributed by atoms with Gasteiger partial charge < -0.3 is 23.8 Å². The fraction of sp³-hybridized carbons (Fsp3) is 0.455. The number of hydrogen-bond acceptors (Lipinski definition) is 8. The van der Waals surface area contributed by atoms with Gasteiger partial charge in [0.05, 0.1) is 26.4 Å². The van der Waals surface area contributed by atoms with Crippen LogP contribution in [0.15, 0.2) is 24.5 Å². The summed E-state index contributed by atoms with van der Waals surface area (Å²) >= 11 is 0. The fourth-order valence-electron chi connectivity index (χ4n) is 3.35. The van der Waals surface area contributed by atoms with Gasteiger partial charge in [-0.1, -0.05) is 0 Å². The first-order chi connectivity index (χ1) is 15.1. The van der Waals surface area contributed by atoms with Crippen LogP contribution in [0.25, 0.3) is 0 Å². The Balaban J connectivity index is 1.78. The zero-order valence-corrected chi connectivity index (χ0v) is 18.0. The van der Waals surface area contributed by atoms with Crippen molar-refractivity contribution in [3.8, 4) is 29.2 Å². The second-order valence-corrected chi connectivity index (χ2v) is 6.70. The van der Waals surface area contributed by atoms with Crippen LogP contribution in [0, 0.1) is 11.3 Å². The molecule has 1 aliphatic rings. The average Bonchev–Trinajstić information content (AvgIpc) is 3.24. The summed E-state index contributed by atoms with van der Waals surface area (Å²) in [4.78, 5) is 22.9. The highest BCUT2D eigenvalue weighted by molar-refractivity contribution is 5.96. The molecule has 1 atom stereocenters. The minimum atomic E-state index is -0.270. The van der Waals surface area contributed by atoms with Crippen molar-refractivity contribution in [2.24, 2.45) is 0 Å². The van der Waals surface area contributed by atoms with Crippen LogP contribution in [-0.2, 0) is 0 Å². The summed E-state index contributed by atoms with van der Waals surface area (Å²) in [5.74, 6) is 1.48. The van der Waals surface area contributed by atoms with Crippen LogP contribution in [0.2, 0.25) is 0 Å². The summed E-state index contributed by atoms with van der Waals surface area (Å²) in [6.07, 6.45) is 3.26. The Hall–Kier alpha value is -3.54. The molecule has 1 aliphatic heterocycles. The van der Waals surface area contributed by atoms with Gasteiger partial charge in [-0.15, -0.1) is 0 Å². The van der Waals surface area contributed by atoms with Gasteiger partial charge in [0.2, 0.25) is 11.4 Å². The molecule has 2 aromatic rings. The minimum Gasteiger partial charge on any atom is -0.490 e. The predicted octanol–water partition coefficient (Wildman–Crippen LogP) is 2.84. The minimum absolute atomic E-state index is 0.126. The first-order valence-corrected chi connectivity index (χ1v) is 10.3. The van der Waals surface area contributed by atoms with Crippen molar-refractivity contribution in [1.29, 1.82) is 5.26 Å². The Labute approximate surface area is 181 Å². The zero-order chi connectivity index (χ0) is 22.2. The van der Waals surface area contributed by atoms with Crippen molar-refractivity contribution in [1.82, 2.24) is 14.9 Å². The maximum atomic E-state index is 13.2. The molecule has 1 unspecified atom stereocenters. The number of nitriles is 1. The molecule has 3 rings (SSSR count). The largest absolute Gasteiger partial charge is 0.490 e. The van der Waals surface area contributed by atoms with Gasteiger partial charge in [0.15, 0.2) is 11.5 Å². The van der Waals surface area contributed by atoms with Gasteiger partial charge in [-0.2, -0.15) is 5.26 Å². The lowest BCUT2D eigenvalue weighted by Crippen LogP contribution is -2.31. The SMILES string of the molecule is CCOc1cc(C(=O)N2CCC(Oc3nccnc3C#N)C2)cc(OCC)c1OCC. The molecular weight excluding hydrogens is 400 g/mol. The molecule has 0 saturated carbocycles. The number of ether oxygens (including phenoxy) is 4. The van der Waals surface area contributed by atoms with Gasteiger partial charge in [-0.25, -0.2) is 9.97 Å². The summed E-state index contributed by atoms with van der Waals surface area (Å²) < 4.78 is 23.0. The Morgan fingerprint density at radius 1 is 1.10 bits per heavy atom. The molecule has 9 nitrogen and oxygen atoms in total. The van der Waals surface area contributed by atoms with Gasteiger partial charge >= 0.3 is 0 Å². The Morgan fingerprint density at radius 3 is 2.35 bits per heavy atom. The molecule has 1 aromatic carbocycles. The molecule has 0 radical (unpaired) electrons. The average molecular weight is 426 g/mol. The number of likely N-dealkylation sites (tertiary alicyclic amines) is 1. The Bertz CT molecular complexity index is 932. The van der Waals surface area contributed by atoms with Gasteiger partial charge in [0.25, 0.3) is 11.8 Å². The lowest BCUT2D eigenvalue weighted by atomic mass is 10.1. The molecule has 1 aromatic heterocycles. The number of carbonyl (C=O) groups is 1. The van der Waals surface area contributed by atoms with E-state index in [2.05, 4.69) is 9.97 Å². The maximum Gasteiger partial charge on any atom is 0.254 e. The van der Waals surface area contributed by atoms with Crippen molar-refractivity contribution >= 4 is 5.91 Å². The standard InChI is InChI=1S/C22H26N4O5/c1-4-28-18-11-15(12-19(29-5-2)20(18)30-6-3)22(27)26-10-7-16(14-26)31-21-17(13-23)24-8-9-25-21/h8-9,11-12,16H,4-7,10,14H2,1-3H3. The lowest BCUT2D eigenvalue weighted by Gasteiger charge is -2.20. The first-order valence-electron chi connectivity index (χ1n) is 10.3. The van der Waals surface area contributed by atoms with Crippen LogP contribution >= 0.6 is 0 Å². The number of carbonyl (C=O) groups excluding carboxylic acids is 1. The highest BCUT2D eigenvalue weighted by Gasteiger charge is 2.30. The van der Waals surface area contributed by atoms with Crippen LogP contribution in [0.5, 0.6) is 23.1 Å². The number of rotatable bonds is 9. The van der Waals surface area contributed by atoms with E-state index in [1.54, 1.807) is 17.0 Å². The Morgan fingerprint density at radius 2 is 1.74 bits per heavy atom. The third kappa shape index (κ3) is 5.15. The fourth-order valence-corrected chi connectivity index (χ4v) is 3.35. The number of benzene rings is 1. The molecule has 9 heteroatoms. The Kier molecular flexibility index (Phi) is 7.49. The molecule has 0 spiro atoms. The predicted molar refractivity (Wildman–Crippen MR) is 112 cm³/mol. The van der Waals surface area contributed by atoms with E-state index in [9.17, 15) is 4.79 Å². The topological polar surface area (TPSA) is 107 Å². The number of aromatic nitrogens is 2. The maximum absolute atomic E-state index is 13.2. The monoisotopic (exact) mass is 426 g/mol. The highest BCUT2D eigenvalue weighted by Crippen LogP contribution is 2.39. The molecule has 1 saturated heterocycles. The van der Waals surface area contributed by atoms with Crippen molar-refractivity contribution in [3.05, 3.63) is 35.8 Å². The van der Waals surface area contributed by atoms with E-state index in [0.29, 0.717) is 62.1 Å². The van der Waals surface area contributed by atoms with Gasteiger partial charge in [-0.3, -0.25) is 4.79 Å². The van der Waals surface area contributed by atoms with Crippen LogP contribution in [0.3, 0.4) is 0 Å². The number of nitrogens with zero attached hydrogens (tertiary/aromatic N) is 4. The van der Waals surface area contributed by atoms with Crippen molar-refractivity contribution in [2.75, 3.05) is 32.9 Å². The van der Waals surface area contributed by atoms with Crippen LogP contribution < -0.4 is 18.9 Å². The van der Waals surface area contributed by atoms with E-state index in [-0.39, 0.29) is 23.6 Å². The van der Waals surface area contributed by atoms with Gasteiger partial charge in [-0.05, 0) is 32.9 Å². The van der Waals surface area contributed by atoms with Crippen LogP contribution in [-0.4, -0.2) is 59.8 Å². The van der Waals surface area contributed by atoms with E-state index in [1.807, 2.05) is 26.8 Å². The molecule has 1 amide bonds. The van der Waals surface area contributed by atoms with Crippen molar-refractivity contribution < 1.29 is 23.7 Å². The second-order valence-electron chi connectivity index (χ2n) is 6.70. The molecule has 2 heterocycles.